The Hall–Kier alpha value is 1.85. The minimum atomic E-state index is -3.77. The van der Waals surface area contributed by atoms with E-state index in [1.165, 1.54) is 0 Å². The van der Waals surface area contributed by atoms with Gasteiger partial charge < -0.3 is 0 Å². The molecule has 0 aliphatic rings. The molecule has 128 valence electrons. The van der Waals surface area contributed by atoms with Crippen LogP contribution >= 0.6 is 77.4 Å². The quantitative estimate of drug-likeness (QED) is 0.349. The highest BCUT2D eigenvalue weighted by Crippen LogP contribution is 2.48. The second kappa shape index (κ2) is 9.98. The highest BCUT2D eigenvalue weighted by molar-refractivity contribution is 7.51. The van der Waals surface area contributed by atoms with Gasteiger partial charge in [-0.1, -0.05) is 89.9 Å². The van der Waals surface area contributed by atoms with Gasteiger partial charge in [0.2, 0.25) is 7.59 Å². The summed E-state index contributed by atoms with van der Waals surface area (Å²) in [6.07, 6.45) is 2.38. The molecule has 0 saturated heterocycles. The van der Waals surface area contributed by atoms with Crippen LogP contribution in [-0.4, -0.2) is 26.8 Å². The van der Waals surface area contributed by atoms with Crippen molar-refractivity contribution in [1.82, 2.24) is 5.09 Å². The van der Waals surface area contributed by atoms with E-state index in [9.17, 15) is 4.57 Å². The largest absolute Gasteiger partial charge is 0.406 e. The predicted molar refractivity (Wildman–Crippen MR) is 92.2 cm³/mol. The molecule has 11 heteroatoms. The van der Waals surface area contributed by atoms with Crippen molar-refractivity contribution in [3.63, 3.8) is 0 Å². The zero-order valence-corrected chi connectivity index (χ0v) is 17.0. The molecule has 0 aliphatic carbocycles. The second-order valence-corrected chi connectivity index (χ2v) is 11.1. The number of alkyl halides is 6. The number of halogens is 6. The van der Waals surface area contributed by atoms with E-state index < -0.39 is 28.5 Å². The predicted octanol–water partition coefficient (Wildman–Crippen LogP) is 6.04. The summed E-state index contributed by atoms with van der Waals surface area (Å²) in [6.45, 7) is 3.08. The molecule has 0 aromatic carbocycles. The second-order valence-electron chi connectivity index (χ2n) is 4.30. The molecular formula is C10H18Cl6NO3P. The highest BCUT2D eigenvalue weighted by atomic mass is 35.6. The molecule has 0 aromatic rings. The summed E-state index contributed by atoms with van der Waals surface area (Å²) >= 11 is 33.5. The van der Waals surface area contributed by atoms with Crippen molar-refractivity contribution >= 4 is 77.4 Å². The summed E-state index contributed by atoms with van der Waals surface area (Å²) in [5, 5.41) is 2.79. The zero-order chi connectivity index (χ0) is 16.7. The molecule has 0 aliphatic heterocycles. The molecule has 0 fully saturated rings. The molecule has 0 unspecified atom stereocenters. The van der Waals surface area contributed by atoms with E-state index in [0.29, 0.717) is 6.42 Å². The van der Waals surface area contributed by atoms with Crippen molar-refractivity contribution < 1.29 is 13.6 Å². The summed E-state index contributed by atoms with van der Waals surface area (Å²) in [4.78, 5) is 0. The van der Waals surface area contributed by atoms with Gasteiger partial charge in [-0.2, -0.15) is 0 Å². The van der Waals surface area contributed by atoms with Gasteiger partial charge in [-0.15, -0.1) is 0 Å². The van der Waals surface area contributed by atoms with Crippen LogP contribution in [0.5, 0.6) is 0 Å². The standard InChI is InChI=1S/C10H18Cl6NO3P/c1-3-5-8(4-2)17-21(18,19-6-9(11,12)13)20-7-10(14,15)16/h8H,3-7H2,1-2H3,(H,17,18)/t8-/m0/s1. The third-order valence-corrected chi connectivity index (χ3v) is 4.54. The molecule has 0 radical (unpaired) electrons. The Kier molecular flexibility index (Phi) is 10.9. The minimum absolute atomic E-state index is 0.0911. The van der Waals surface area contributed by atoms with Crippen molar-refractivity contribution in [2.24, 2.45) is 0 Å². The van der Waals surface area contributed by atoms with Crippen LogP contribution < -0.4 is 5.09 Å². The third kappa shape index (κ3) is 12.9. The third-order valence-electron chi connectivity index (χ3n) is 2.27. The molecule has 21 heavy (non-hydrogen) atoms. The van der Waals surface area contributed by atoms with Gasteiger partial charge in [0, 0.05) is 6.04 Å². The molecule has 0 amide bonds. The fourth-order valence-corrected chi connectivity index (χ4v) is 3.85. The van der Waals surface area contributed by atoms with E-state index in [0.717, 1.165) is 12.8 Å². The first-order chi connectivity index (χ1) is 9.41. The Morgan fingerprint density at radius 1 is 1.00 bits per heavy atom. The van der Waals surface area contributed by atoms with Gasteiger partial charge >= 0.3 is 7.75 Å². The number of hydrogen-bond donors (Lipinski definition) is 1. The van der Waals surface area contributed by atoms with Crippen molar-refractivity contribution in [2.75, 3.05) is 13.2 Å². The summed E-state index contributed by atoms with van der Waals surface area (Å²) in [5.41, 5.74) is 0. The Balaban J connectivity index is 4.84. The SMILES string of the molecule is CCC[C@H](CC)NP(=O)(OCC(Cl)(Cl)Cl)OCC(Cl)(Cl)Cl. The van der Waals surface area contributed by atoms with Gasteiger partial charge in [0.15, 0.2) is 0 Å². The van der Waals surface area contributed by atoms with Crippen LogP contribution in [0.2, 0.25) is 0 Å². The molecule has 0 spiro atoms. The zero-order valence-electron chi connectivity index (χ0n) is 11.6. The Labute approximate surface area is 155 Å². The lowest BCUT2D eigenvalue weighted by atomic mass is 10.1. The average Bonchev–Trinajstić information content (AvgIpc) is 2.32. The topological polar surface area (TPSA) is 47.6 Å². The average molecular weight is 444 g/mol. The van der Waals surface area contributed by atoms with Gasteiger partial charge in [-0.3, -0.25) is 9.05 Å². The smallest absolute Gasteiger partial charge is 0.292 e. The first-order valence-corrected chi connectivity index (χ1v) is 10.0. The molecule has 0 bridgehead atoms. The lowest BCUT2D eigenvalue weighted by molar-refractivity contribution is 0.196. The number of hydrogen-bond acceptors (Lipinski definition) is 3. The molecule has 0 saturated carbocycles. The van der Waals surface area contributed by atoms with Crippen molar-refractivity contribution in [3.05, 3.63) is 0 Å². The van der Waals surface area contributed by atoms with Crippen molar-refractivity contribution in [3.8, 4) is 0 Å². The molecule has 1 N–H and O–H groups in total. The fraction of sp³-hybridized carbons (Fsp3) is 1.00. The van der Waals surface area contributed by atoms with Gasteiger partial charge in [0.1, 0.15) is 13.2 Å². The first-order valence-electron chi connectivity index (χ1n) is 6.21. The minimum Gasteiger partial charge on any atom is -0.292 e. The Bertz CT molecular complexity index is 325. The van der Waals surface area contributed by atoms with Crippen LogP contribution in [0.25, 0.3) is 0 Å². The van der Waals surface area contributed by atoms with Crippen LogP contribution in [0.1, 0.15) is 33.1 Å². The monoisotopic (exact) mass is 441 g/mol. The lowest BCUT2D eigenvalue weighted by Gasteiger charge is -2.26. The maximum atomic E-state index is 12.6. The molecular weight excluding hydrogens is 426 g/mol. The van der Waals surface area contributed by atoms with Crippen LogP contribution in [0.3, 0.4) is 0 Å². The Morgan fingerprint density at radius 3 is 1.71 bits per heavy atom. The van der Waals surface area contributed by atoms with E-state index >= 15 is 0 Å². The van der Waals surface area contributed by atoms with Crippen LogP contribution in [0, 0.1) is 0 Å². The van der Waals surface area contributed by atoms with Crippen LogP contribution in [0.4, 0.5) is 0 Å². The van der Waals surface area contributed by atoms with E-state index in [1.807, 2.05) is 13.8 Å². The molecule has 0 rings (SSSR count). The molecule has 0 aromatic heterocycles. The van der Waals surface area contributed by atoms with Gasteiger partial charge in [0.05, 0.1) is 0 Å². The van der Waals surface area contributed by atoms with Crippen molar-refractivity contribution in [1.29, 1.82) is 0 Å². The first kappa shape index (κ1) is 22.9. The Morgan fingerprint density at radius 2 is 1.43 bits per heavy atom. The van der Waals surface area contributed by atoms with Gasteiger partial charge in [-0.05, 0) is 12.8 Å². The van der Waals surface area contributed by atoms with Crippen LogP contribution in [0.15, 0.2) is 0 Å². The number of rotatable bonds is 9. The molecule has 1 atom stereocenters. The maximum absolute atomic E-state index is 12.6. The van der Waals surface area contributed by atoms with Crippen LogP contribution in [-0.2, 0) is 13.6 Å². The van der Waals surface area contributed by atoms with Crippen molar-refractivity contribution in [2.45, 2.75) is 46.7 Å². The lowest BCUT2D eigenvalue weighted by Crippen LogP contribution is -2.30. The normalized spacial score (nSPS) is 15.2. The number of nitrogens with one attached hydrogen (secondary N) is 1. The van der Waals surface area contributed by atoms with E-state index in [-0.39, 0.29) is 6.04 Å². The summed E-state index contributed by atoms with van der Waals surface area (Å²) in [6, 6.07) is -0.0911. The summed E-state index contributed by atoms with van der Waals surface area (Å²) < 4.78 is 19.4. The van der Waals surface area contributed by atoms with Gasteiger partial charge in [-0.25, -0.2) is 9.65 Å². The van der Waals surface area contributed by atoms with E-state index in [1.54, 1.807) is 0 Å². The fourth-order valence-electron chi connectivity index (χ4n) is 1.36. The maximum Gasteiger partial charge on any atom is 0.406 e. The molecule has 4 nitrogen and oxygen atoms in total. The van der Waals surface area contributed by atoms with E-state index in [4.69, 9.17) is 78.7 Å². The summed E-state index contributed by atoms with van der Waals surface area (Å²) in [7, 11) is -3.77. The summed E-state index contributed by atoms with van der Waals surface area (Å²) in [5.74, 6) is 0. The molecule has 0 heterocycles. The van der Waals surface area contributed by atoms with E-state index in [2.05, 4.69) is 5.09 Å². The highest BCUT2D eigenvalue weighted by Gasteiger charge is 2.35. The van der Waals surface area contributed by atoms with Gasteiger partial charge in [0.25, 0.3) is 0 Å².